The summed E-state index contributed by atoms with van der Waals surface area (Å²) < 4.78 is 11.6. The highest BCUT2D eigenvalue weighted by atomic mass is 16.5. The zero-order chi connectivity index (χ0) is 27.7. The number of amides is 1. The van der Waals surface area contributed by atoms with Gasteiger partial charge in [-0.1, -0.05) is 55.0 Å². The third kappa shape index (κ3) is 7.51. The van der Waals surface area contributed by atoms with Crippen LogP contribution in [0.4, 0.5) is 0 Å². The van der Waals surface area contributed by atoms with E-state index in [1.165, 1.54) is 18.1 Å². The smallest absolute Gasteiger partial charge is 0.302 e. The molecule has 4 atom stereocenters. The summed E-state index contributed by atoms with van der Waals surface area (Å²) in [6.45, 7) is 7.97. The van der Waals surface area contributed by atoms with Crippen molar-refractivity contribution in [3.63, 3.8) is 0 Å². The fraction of sp³-hybridized carbons (Fsp3) is 0.515. The summed E-state index contributed by atoms with van der Waals surface area (Å²) in [5.74, 6) is 0.753. The van der Waals surface area contributed by atoms with Crippen molar-refractivity contribution in [2.24, 2.45) is 5.92 Å². The van der Waals surface area contributed by atoms with E-state index in [-0.39, 0.29) is 35.4 Å². The molecule has 1 amide bonds. The number of methoxy groups -OCH3 is 1. The van der Waals surface area contributed by atoms with Gasteiger partial charge < -0.3 is 14.8 Å². The second-order valence-electron chi connectivity index (χ2n) is 11.2. The number of nitrogens with zero attached hydrogens (tertiary/aromatic N) is 1. The van der Waals surface area contributed by atoms with Gasteiger partial charge in [0, 0.05) is 50.2 Å². The van der Waals surface area contributed by atoms with Crippen molar-refractivity contribution in [2.45, 2.75) is 75.9 Å². The van der Waals surface area contributed by atoms with Crippen LogP contribution in [0, 0.1) is 5.92 Å². The Morgan fingerprint density at radius 2 is 1.95 bits per heavy atom. The van der Waals surface area contributed by atoms with Crippen molar-refractivity contribution in [3.8, 4) is 5.75 Å². The number of benzene rings is 2. The van der Waals surface area contributed by atoms with E-state index in [2.05, 4.69) is 53.2 Å². The summed E-state index contributed by atoms with van der Waals surface area (Å²) in [5.41, 5.74) is 2.32. The maximum absolute atomic E-state index is 13.1. The van der Waals surface area contributed by atoms with Crippen molar-refractivity contribution in [1.29, 1.82) is 0 Å². The first-order chi connectivity index (χ1) is 18.9. The highest BCUT2D eigenvalue weighted by Gasteiger charge is 2.53. The van der Waals surface area contributed by atoms with E-state index in [1.54, 1.807) is 7.11 Å². The molecule has 1 N–H and O–H groups in total. The van der Waals surface area contributed by atoms with Gasteiger partial charge in [0.15, 0.2) is 0 Å². The van der Waals surface area contributed by atoms with E-state index in [4.69, 9.17) is 9.47 Å². The Bertz CT molecular complexity index is 1100. The quantitative estimate of drug-likeness (QED) is 0.224. The summed E-state index contributed by atoms with van der Waals surface area (Å²) in [5, 5.41) is 3.33. The van der Waals surface area contributed by atoms with Crippen molar-refractivity contribution >= 4 is 11.9 Å². The van der Waals surface area contributed by atoms with E-state index in [0.29, 0.717) is 12.8 Å². The van der Waals surface area contributed by atoms with Crippen LogP contribution in [0.2, 0.25) is 0 Å². The van der Waals surface area contributed by atoms with Crippen molar-refractivity contribution in [1.82, 2.24) is 10.2 Å². The molecule has 2 fully saturated rings. The Morgan fingerprint density at radius 1 is 1.13 bits per heavy atom. The Kier molecular flexibility index (Phi) is 10.2. The van der Waals surface area contributed by atoms with Crippen LogP contribution in [-0.4, -0.2) is 55.7 Å². The minimum absolute atomic E-state index is 0.0559. The number of hydrogen-bond donors (Lipinski definition) is 1. The van der Waals surface area contributed by atoms with Gasteiger partial charge in [0.05, 0.1) is 7.11 Å². The number of piperidine rings is 1. The molecule has 0 spiro atoms. The molecule has 0 bridgehead atoms. The highest BCUT2D eigenvalue weighted by Crippen LogP contribution is 2.50. The molecular formula is C33H44N2O4. The zero-order valence-corrected chi connectivity index (χ0v) is 23.6. The number of carbonyl (C=O) groups is 2. The van der Waals surface area contributed by atoms with Gasteiger partial charge in [0.2, 0.25) is 5.91 Å². The Labute approximate surface area is 233 Å². The first-order valence-electron chi connectivity index (χ1n) is 14.4. The number of nitrogens with one attached hydrogen (secondary N) is 1. The summed E-state index contributed by atoms with van der Waals surface area (Å²) in [7, 11) is 1.69. The standard InChI is InChI=1S/C33H44N2O4/c1-4-19-35-20-18-33(27-15-11-16-29(21-27)38-3)23-28(22-31(30(33)24-35)39-25(2)36)34-32(37)17-10-6-9-14-26-12-7-5-8-13-26/h4-5,7-8,11-13,15-16,21,28,30-31H,1,6,9-10,14,17-20,22-24H2,2-3H3,(H,34,37). The number of ether oxygens (including phenoxy) is 2. The fourth-order valence-corrected chi connectivity index (χ4v) is 6.73. The van der Waals surface area contributed by atoms with Crippen LogP contribution in [0.25, 0.3) is 0 Å². The number of rotatable bonds is 12. The first-order valence-corrected chi connectivity index (χ1v) is 14.4. The van der Waals surface area contributed by atoms with Gasteiger partial charge in [0.1, 0.15) is 11.9 Å². The summed E-state index contributed by atoms with van der Waals surface area (Å²) in [6.07, 6.45) is 8.59. The highest BCUT2D eigenvalue weighted by molar-refractivity contribution is 5.76. The number of aryl methyl sites for hydroxylation is 1. The van der Waals surface area contributed by atoms with Gasteiger partial charge in [-0.2, -0.15) is 0 Å². The molecular weight excluding hydrogens is 488 g/mol. The minimum Gasteiger partial charge on any atom is -0.497 e. The maximum Gasteiger partial charge on any atom is 0.302 e. The van der Waals surface area contributed by atoms with Crippen LogP contribution < -0.4 is 10.1 Å². The molecule has 1 aliphatic heterocycles. The molecule has 210 valence electrons. The summed E-state index contributed by atoms with van der Waals surface area (Å²) >= 11 is 0. The molecule has 2 aromatic rings. The lowest BCUT2D eigenvalue weighted by atomic mass is 9.57. The monoisotopic (exact) mass is 532 g/mol. The fourth-order valence-electron chi connectivity index (χ4n) is 6.73. The molecule has 4 unspecified atom stereocenters. The van der Waals surface area contributed by atoms with Gasteiger partial charge in [-0.15, -0.1) is 6.58 Å². The van der Waals surface area contributed by atoms with E-state index in [1.807, 2.05) is 24.3 Å². The van der Waals surface area contributed by atoms with Crippen LogP contribution in [-0.2, 0) is 26.2 Å². The number of carbonyl (C=O) groups excluding carboxylic acids is 2. The zero-order valence-electron chi connectivity index (χ0n) is 23.6. The molecule has 6 nitrogen and oxygen atoms in total. The molecule has 39 heavy (non-hydrogen) atoms. The van der Waals surface area contributed by atoms with Crippen LogP contribution in [0.3, 0.4) is 0 Å². The second-order valence-corrected chi connectivity index (χ2v) is 11.2. The number of likely N-dealkylation sites (tertiary alicyclic amines) is 1. The summed E-state index contributed by atoms with van der Waals surface area (Å²) in [6, 6.07) is 18.7. The third-order valence-electron chi connectivity index (χ3n) is 8.54. The molecule has 6 heteroatoms. The predicted octanol–water partition coefficient (Wildman–Crippen LogP) is 5.45. The number of unbranched alkanes of at least 4 members (excludes halogenated alkanes) is 2. The molecule has 2 aromatic carbocycles. The van der Waals surface area contributed by atoms with Crippen molar-refractivity contribution < 1.29 is 19.1 Å². The number of esters is 1. The van der Waals surface area contributed by atoms with E-state index < -0.39 is 0 Å². The molecule has 0 aromatic heterocycles. The SMILES string of the molecule is C=CCN1CCC2(c3cccc(OC)c3)CC(NC(=O)CCCCCc3ccccc3)CC(OC(C)=O)C2C1. The molecule has 1 saturated carbocycles. The molecule has 4 rings (SSSR count). The minimum atomic E-state index is -0.272. The average molecular weight is 533 g/mol. The van der Waals surface area contributed by atoms with Crippen molar-refractivity contribution in [3.05, 3.63) is 78.4 Å². The van der Waals surface area contributed by atoms with E-state index in [0.717, 1.165) is 63.9 Å². The van der Waals surface area contributed by atoms with Crippen LogP contribution in [0.1, 0.15) is 63.0 Å². The van der Waals surface area contributed by atoms with Gasteiger partial charge >= 0.3 is 5.97 Å². The topological polar surface area (TPSA) is 67.9 Å². The molecule has 0 radical (unpaired) electrons. The van der Waals surface area contributed by atoms with E-state index in [9.17, 15) is 9.59 Å². The van der Waals surface area contributed by atoms with Crippen LogP contribution in [0.15, 0.2) is 67.3 Å². The second kappa shape index (κ2) is 13.8. The van der Waals surface area contributed by atoms with Crippen LogP contribution >= 0.6 is 0 Å². The van der Waals surface area contributed by atoms with Crippen molar-refractivity contribution in [2.75, 3.05) is 26.7 Å². The Morgan fingerprint density at radius 3 is 2.69 bits per heavy atom. The largest absolute Gasteiger partial charge is 0.497 e. The molecule has 1 heterocycles. The Hall–Kier alpha value is -3.12. The lowest BCUT2D eigenvalue weighted by Gasteiger charge is -2.55. The Balaban J connectivity index is 1.46. The lowest BCUT2D eigenvalue weighted by Crippen LogP contribution is -2.61. The van der Waals surface area contributed by atoms with Gasteiger partial charge in [0.25, 0.3) is 0 Å². The normalized spacial score (nSPS) is 24.8. The number of fused-ring (bicyclic) bond motifs is 1. The first kappa shape index (κ1) is 28.9. The third-order valence-corrected chi connectivity index (χ3v) is 8.54. The van der Waals surface area contributed by atoms with Gasteiger partial charge in [-0.25, -0.2) is 0 Å². The number of hydrogen-bond acceptors (Lipinski definition) is 5. The predicted molar refractivity (Wildman–Crippen MR) is 155 cm³/mol. The molecule has 1 saturated heterocycles. The summed E-state index contributed by atoms with van der Waals surface area (Å²) in [4.78, 5) is 27.7. The van der Waals surface area contributed by atoms with Crippen LogP contribution in [0.5, 0.6) is 5.75 Å². The molecule has 2 aliphatic rings. The maximum atomic E-state index is 13.1. The van der Waals surface area contributed by atoms with Gasteiger partial charge in [-0.3, -0.25) is 14.5 Å². The van der Waals surface area contributed by atoms with E-state index >= 15 is 0 Å². The lowest BCUT2D eigenvalue weighted by molar-refractivity contribution is -0.157. The molecule has 1 aliphatic carbocycles. The van der Waals surface area contributed by atoms with Gasteiger partial charge in [-0.05, 0) is 61.9 Å². The average Bonchev–Trinajstić information content (AvgIpc) is 2.93.